The summed E-state index contributed by atoms with van der Waals surface area (Å²) >= 11 is 1.29. The molecule has 0 saturated carbocycles. The Kier molecular flexibility index (Phi) is 5.13. The lowest BCUT2D eigenvalue weighted by Gasteiger charge is -2.29. The average molecular weight is 331 g/mol. The number of nitrogens with two attached hydrogens (primary N) is 1. The van der Waals surface area contributed by atoms with E-state index in [1.165, 1.54) is 11.3 Å². The lowest BCUT2D eigenvalue weighted by Crippen LogP contribution is -2.32. The largest absolute Gasteiger partial charge is 0.326 e. The molecule has 4 nitrogen and oxygen atoms in total. The molecule has 120 valence electrons. The minimum absolute atomic E-state index is 0.245. The highest BCUT2D eigenvalue weighted by atomic mass is 32.2. The molecule has 2 rings (SSSR count). The summed E-state index contributed by atoms with van der Waals surface area (Å²) in [4.78, 5) is 0.913. The first-order valence-electron chi connectivity index (χ1n) is 7.54. The van der Waals surface area contributed by atoms with Crippen LogP contribution in [0, 0.1) is 11.3 Å². The Morgan fingerprint density at radius 1 is 1.29 bits per heavy atom. The molecule has 1 saturated heterocycles. The molecule has 0 aliphatic carbocycles. The summed E-state index contributed by atoms with van der Waals surface area (Å²) in [5, 5.41) is 0. The van der Waals surface area contributed by atoms with Crippen molar-refractivity contribution in [3.63, 3.8) is 0 Å². The van der Waals surface area contributed by atoms with Crippen LogP contribution in [0.1, 0.15) is 44.9 Å². The van der Waals surface area contributed by atoms with E-state index in [2.05, 4.69) is 20.8 Å². The van der Waals surface area contributed by atoms with E-state index in [1.54, 1.807) is 10.4 Å². The monoisotopic (exact) mass is 330 g/mol. The summed E-state index contributed by atoms with van der Waals surface area (Å²) in [5.41, 5.74) is 5.82. The van der Waals surface area contributed by atoms with Crippen molar-refractivity contribution in [2.75, 3.05) is 13.1 Å². The first-order chi connectivity index (χ1) is 9.75. The highest BCUT2D eigenvalue weighted by Crippen LogP contribution is 2.35. The number of rotatable bonds is 3. The van der Waals surface area contributed by atoms with Crippen molar-refractivity contribution in [2.45, 2.75) is 50.8 Å². The normalized spacial score (nSPS) is 22.2. The van der Waals surface area contributed by atoms with Gasteiger partial charge in [0.25, 0.3) is 10.0 Å². The smallest absolute Gasteiger partial charge is 0.252 e. The van der Waals surface area contributed by atoms with Crippen LogP contribution in [0.5, 0.6) is 0 Å². The molecule has 0 amide bonds. The third-order valence-electron chi connectivity index (χ3n) is 4.34. The van der Waals surface area contributed by atoms with E-state index < -0.39 is 10.0 Å². The van der Waals surface area contributed by atoms with Gasteiger partial charge in [0.05, 0.1) is 0 Å². The predicted octanol–water partition coefficient (Wildman–Crippen LogP) is 3.04. The van der Waals surface area contributed by atoms with Crippen molar-refractivity contribution in [3.05, 3.63) is 17.0 Å². The van der Waals surface area contributed by atoms with E-state index in [-0.39, 0.29) is 5.41 Å². The molecule has 0 aromatic carbocycles. The van der Waals surface area contributed by atoms with Crippen molar-refractivity contribution in [2.24, 2.45) is 17.1 Å². The predicted molar refractivity (Wildman–Crippen MR) is 87.8 cm³/mol. The lowest BCUT2D eigenvalue weighted by atomic mass is 9.77. The standard InChI is InChI=1S/C15H26N2O2S2/c1-15(2,3)12-5-4-9-17(10-8-12)21(18,19)14-7-6-13(11-16)20-14/h6-7,12H,4-5,8-11,16H2,1-3H3. The van der Waals surface area contributed by atoms with Crippen LogP contribution in [-0.2, 0) is 16.6 Å². The molecule has 0 radical (unpaired) electrons. The van der Waals surface area contributed by atoms with Gasteiger partial charge in [0.2, 0.25) is 0 Å². The number of nitrogens with zero attached hydrogens (tertiary/aromatic N) is 1. The minimum atomic E-state index is -3.35. The van der Waals surface area contributed by atoms with Crippen molar-refractivity contribution in [1.29, 1.82) is 0 Å². The van der Waals surface area contributed by atoms with Gasteiger partial charge in [-0.25, -0.2) is 8.42 Å². The minimum Gasteiger partial charge on any atom is -0.326 e. The fraction of sp³-hybridized carbons (Fsp3) is 0.733. The summed E-state index contributed by atoms with van der Waals surface area (Å²) < 4.78 is 27.5. The molecule has 21 heavy (non-hydrogen) atoms. The van der Waals surface area contributed by atoms with Gasteiger partial charge in [0.1, 0.15) is 4.21 Å². The van der Waals surface area contributed by atoms with Crippen LogP contribution < -0.4 is 5.73 Å². The van der Waals surface area contributed by atoms with Gasteiger partial charge in [0.15, 0.2) is 0 Å². The maximum absolute atomic E-state index is 12.7. The van der Waals surface area contributed by atoms with Gasteiger partial charge in [-0.15, -0.1) is 11.3 Å². The first-order valence-corrected chi connectivity index (χ1v) is 9.79. The third-order valence-corrected chi connectivity index (χ3v) is 7.82. The second kappa shape index (κ2) is 6.36. The van der Waals surface area contributed by atoms with Crippen LogP contribution in [-0.4, -0.2) is 25.8 Å². The van der Waals surface area contributed by atoms with E-state index in [4.69, 9.17) is 5.73 Å². The molecule has 1 aromatic rings. The van der Waals surface area contributed by atoms with Gasteiger partial charge in [0, 0.05) is 24.5 Å². The molecule has 1 unspecified atom stereocenters. The van der Waals surface area contributed by atoms with E-state index >= 15 is 0 Å². The fourth-order valence-electron chi connectivity index (χ4n) is 2.91. The number of hydrogen-bond acceptors (Lipinski definition) is 4. The van der Waals surface area contributed by atoms with Crippen LogP contribution in [0.25, 0.3) is 0 Å². The fourth-order valence-corrected chi connectivity index (χ4v) is 5.79. The van der Waals surface area contributed by atoms with Gasteiger partial charge in [-0.3, -0.25) is 0 Å². The lowest BCUT2D eigenvalue weighted by molar-refractivity contribution is 0.217. The second-order valence-corrected chi connectivity index (χ2v) is 10.2. The molecular formula is C15H26N2O2S2. The zero-order valence-corrected chi connectivity index (χ0v) is 14.8. The van der Waals surface area contributed by atoms with Gasteiger partial charge in [-0.1, -0.05) is 20.8 Å². The number of sulfonamides is 1. The molecule has 0 bridgehead atoms. The van der Waals surface area contributed by atoms with Crippen molar-refractivity contribution in [3.8, 4) is 0 Å². The van der Waals surface area contributed by atoms with Gasteiger partial charge in [-0.05, 0) is 42.7 Å². The van der Waals surface area contributed by atoms with Crippen LogP contribution >= 0.6 is 11.3 Å². The average Bonchev–Trinajstić information content (AvgIpc) is 2.73. The van der Waals surface area contributed by atoms with Crippen LogP contribution in [0.2, 0.25) is 0 Å². The molecule has 2 heterocycles. The Morgan fingerprint density at radius 2 is 2.00 bits per heavy atom. The Balaban J connectivity index is 2.14. The molecular weight excluding hydrogens is 304 g/mol. The Labute approximate surface area is 132 Å². The van der Waals surface area contributed by atoms with E-state index in [1.807, 2.05) is 6.07 Å². The number of hydrogen-bond donors (Lipinski definition) is 1. The highest BCUT2D eigenvalue weighted by molar-refractivity contribution is 7.91. The first kappa shape index (κ1) is 16.9. The van der Waals surface area contributed by atoms with Crippen LogP contribution in [0.4, 0.5) is 0 Å². The SMILES string of the molecule is CC(C)(C)C1CCCN(S(=O)(=O)c2ccc(CN)s2)CC1. The summed E-state index contributed by atoms with van der Waals surface area (Å²) in [6.45, 7) is 8.38. The molecule has 1 aromatic heterocycles. The Hall–Kier alpha value is -0.430. The number of thiophene rings is 1. The van der Waals surface area contributed by atoms with Gasteiger partial charge < -0.3 is 5.73 Å². The van der Waals surface area contributed by atoms with E-state index in [0.29, 0.717) is 29.8 Å². The quantitative estimate of drug-likeness (QED) is 0.926. The summed E-state index contributed by atoms with van der Waals surface area (Å²) in [6, 6.07) is 3.50. The Morgan fingerprint density at radius 3 is 2.57 bits per heavy atom. The highest BCUT2D eigenvalue weighted by Gasteiger charge is 2.32. The van der Waals surface area contributed by atoms with Crippen molar-refractivity contribution in [1.82, 2.24) is 4.31 Å². The summed E-state index contributed by atoms with van der Waals surface area (Å²) in [5.74, 6) is 0.584. The van der Waals surface area contributed by atoms with Crippen LogP contribution in [0.15, 0.2) is 16.3 Å². The van der Waals surface area contributed by atoms with Gasteiger partial charge in [-0.2, -0.15) is 4.31 Å². The zero-order valence-electron chi connectivity index (χ0n) is 13.1. The Bertz CT molecular complexity index is 573. The molecule has 2 N–H and O–H groups in total. The summed E-state index contributed by atoms with van der Waals surface area (Å²) in [6.07, 6.45) is 2.99. The maximum Gasteiger partial charge on any atom is 0.252 e. The molecule has 1 atom stereocenters. The molecule has 1 aliphatic heterocycles. The molecule has 6 heteroatoms. The van der Waals surface area contributed by atoms with Crippen molar-refractivity contribution >= 4 is 21.4 Å². The zero-order chi connectivity index (χ0) is 15.7. The van der Waals surface area contributed by atoms with Crippen molar-refractivity contribution < 1.29 is 8.42 Å². The topological polar surface area (TPSA) is 63.4 Å². The van der Waals surface area contributed by atoms with Crippen LogP contribution in [0.3, 0.4) is 0 Å². The maximum atomic E-state index is 12.7. The van der Waals surface area contributed by atoms with E-state index in [0.717, 1.165) is 24.1 Å². The molecule has 1 aliphatic rings. The third kappa shape index (κ3) is 3.86. The molecule has 1 fully saturated rings. The van der Waals surface area contributed by atoms with Gasteiger partial charge >= 0.3 is 0 Å². The second-order valence-electron chi connectivity index (χ2n) is 6.82. The molecule has 0 spiro atoms. The summed E-state index contributed by atoms with van der Waals surface area (Å²) in [7, 11) is -3.35. The van der Waals surface area contributed by atoms with E-state index in [9.17, 15) is 8.42 Å².